The van der Waals surface area contributed by atoms with Crippen LogP contribution in [0.5, 0.6) is 0 Å². The number of carbonyl (C=O) groups is 1. The molecule has 2 amide bonds. The number of nitrogens with zero attached hydrogens (tertiary/aromatic N) is 5. The average Bonchev–Trinajstić information content (AvgIpc) is 3.35. The van der Waals surface area contributed by atoms with Crippen LogP contribution in [0.15, 0.2) is 9.90 Å². The molecule has 3 rings (SSSR count). The molecule has 0 bridgehead atoms. The van der Waals surface area contributed by atoms with E-state index in [2.05, 4.69) is 36.8 Å². The standard InChI is InChI=1S/C18H21N7O2S2/c1-10-14(11-9-28-13(22-11)5-7-19)29-17(21-10)24-16(26)20-8-6-12-23-15(27-25-12)18(2,3)4/h9H,5-6,8H2,1-4H3,(H2,20,21,24,26). The number of hydrogen-bond acceptors (Lipinski definition) is 9. The van der Waals surface area contributed by atoms with Crippen molar-refractivity contribution in [1.82, 2.24) is 25.4 Å². The van der Waals surface area contributed by atoms with Gasteiger partial charge in [-0.1, -0.05) is 37.3 Å². The summed E-state index contributed by atoms with van der Waals surface area (Å²) in [6.07, 6.45) is 0.753. The Morgan fingerprint density at radius 2 is 2.10 bits per heavy atom. The molecular weight excluding hydrogens is 410 g/mol. The Labute approximate surface area is 176 Å². The van der Waals surface area contributed by atoms with E-state index in [1.54, 1.807) is 0 Å². The first-order chi connectivity index (χ1) is 13.8. The third kappa shape index (κ3) is 5.36. The van der Waals surface area contributed by atoms with E-state index < -0.39 is 0 Å². The minimum atomic E-state index is -0.353. The number of amides is 2. The molecule has 0 aliphatic carbocycles. The van der Waals surface area contributed by atoms with E-state index in [0.717, 1.165) is 21.3 Å². The van der Waals surface area contributed by atoms with Crippen LogP contribution >= 0.6 is 22.7 Å². The average molecular weight is 432 g/mol. The normalized spacial score (nSPS) is 11.3. The van der Waals surface area contributed by atoms with E-state index >= 15 is 0 Å². The van der Waals surface area contributed by atoms with Crippen LogP contribution in [0, 0.1) is 18.3 Å². The zero-order chi connectivity index (χ0) is 21.0. The molecule has 3 aromatic rings. The van der Waals surface area contributed by atoms with Crippen molar-refractivity contribution in [1.29, 1.82) is 5.26 Å². The maximum Gasteiger partial charge on any atom is 0.321 e. The fourth-order valence-electron chi connectivity index (χ4n) is 2.34. The van der Waals surface area contributed by atoms with Crippen molar-refractivity contribution >= 4 is 33.8 Å². The number of thiazole rings is 2. The number of anilines is 1. The highest BCUT2D eigenvalue weighted by molar-refractivity contribution is 7.19. The number of urea groups is 1. The lowest BCUT2D eigenvalue weighted by atomic mass is 9.97. The molecule has 0 aliphatic heterocycles. The molecule has 0 saturated carbocycles. The molecule has 3 aromatic heterocycles. The van der Waals surface area contributed by atoms with Crippen molar-refractivity contribution in [2.75, 3.05) is 11.9 Å². The monoisotopic (exact) mass is 431 g/mol. The molecule has 0 saturated heterocycles. The van der Waals surface area contributed by atoms with Gasteiger partial charge in [0.15, 0.2) is 11.0 Å². The van der Waals surface area contributed by atoms with Crippen molar-refractivity contribution in [3.63, 3.8) is 0 Å². The van der Waals surface area contributed by atoms with E-state index in [1.165, 1.54) is 22.7 Å². The summed E-state index contributed by atoms with van der Waals surface area (Å²) in [5.74, 6) is 1.13. The Morgan fingerprint density at radius 1 is 1.31 bits per heavy atom. The zero-order valence-corrected chi connectivity index (χ0v) is 18.2. The molecule has 11 heteroatoms. The Bertz CT molecular complexity index is 1040. The smallest absolute Gasteiger partial charge is 0.321 e. The number of rotatable bonds is 6. The molecule has 0 aromatic carbocycles. The molecule has 0 spiro atoms. The van der Waals surface area contributed by atoms with Crippen LogP contribution in [0.2, 0.25) is 0 Å². The van der Waals surface area contributed by atoms with Gasteiger partial charge in [0.2, 0.25) is 5.89 Å². The first kappa shape index (κ1) is 20.9. The lowest BCUT2D eigenvalue weighted by molar-refractivity contribution is 0.252. The summed E-state index contributed by atoms with van der Waals surface area (Å²) < 4.78 is 5.24. The van der Waals surface area contributed by atoms with Gasteiger partial charge < -0.3 is 9.84 Å². The molecule has 2 N–H and O–H groups in total. The van der Waals surface area contributed by atoms with Gasteiger partial charge in [-0.25, -0.2) is 14.8 Å². The molecular formula is C18H21N7O2S2. The fourth-order valence-corrected chi connectivity index (χ4v) is 4.05. The minimum absolute atomic E-state index is 0.205. The highest BCUT2D eigenvalue weighted by Gasteiger charge is 2.21. The number of aromatic nitrogens is 4. The number of nitrogens with one attached hydrogen (secondary N) is 2. The Hall–Kier alpha value is -2.84. The van der Waals surface area contributed by atoms with Gasteiger partial charge in [0.25, 0.3) is 0 Å². The van der Waals surface area contributed by atoms with Crippen molar-refractivity contribution in [2.45, 2.75) is 46.0 Å². The largest absolute Gasteiger partial charge is 0.339 e. The molecule has 0 radical (unpaired) electrons. The predicted molar refractivity (Wildman–Crippen MR) is 111 cm³/mol. The first-order valence-electron chi connectivity index (χ1n) is 8.93. The second-order valence-electron chi connectivity index (χ2n) is 7.29. The van der Waals surface area contributed by atoms with Crippen molar-refractivity contribution in [3.05, 3.63) is 27.8 Å². The third-order valence-electron chi connectivity index (χ3n) is 3.78. The van der Waals surface area contributed by atoms with Crippen LogP contribution in [-0.4, -0.2) is 32.7 Å². The van der Waals surface area contributed by atoms with Crippen LogP contribution < -0.4 is 10.6 Å². The molecule has 0 aliphatic rings. The summed E-state index contributed by atoms with van der Waals surface area (Å²) >= 11 is 2.79. The van der Waals surface area contributed by atoms with Gasteiger partial charge in [-0.2, -0.15) is 10.2 Å². The number of hydrogen-bond donors (Lipinski definition) is 2. The van der Waals surface area contributed by atoms with Gasteiger partial charge in [-0.15, -0.1) is 11.3 Å². The molecule has 9 nitrogen and oxygen atoms in total. The van der Waals surface area contributed by atoms with Gasteiger partial charge in [0.1, 0.15) is 5.01 Å². The number of carbonyl (C=O) groups excluding carboxylic acids is 1. The van der Waals surface area contributed by atoms with Crippen molar-refractivity contribution in [2.24, 2.45) is 0 Å². The fraction of sp³-hybridized carbons (Fsp3) is 0.444. The zero-order valence-electron chi connectivity index (χ0n) is 16.6. The van der Waals surface area contributed by atoms with Crippen LogP contribution in [-0.2, 0) is 18.3 Å². The summed E-state index contributed by atoms with van der Waals surface area (Å²) in [6.45, 7) is 8.22. The quantitative estimate of drug-likeness (QED) is 0.609. The summed E-state index contributed by atoms with van der Waals surface area (Å²) in [4.78, 5) is 26.2. The molecule has 152 valence electrons. The minimum Gasteiger partial charge on any atom is -0.339 e. The Balaban J connectivity index is 1.53. The van der Waals surface area contributed by atoms with Crippen LogP contribution in [0.4, 0.5) is 9.93 Å². The lowest BCUT2D eigenvalue weighted by Gasteiger charge is -2.10. The van der Waals surface area contributed by atoms with Crippen molar-refractivity contribution < 1.29 is 9.32 Å². The number of nitriles is 1. The molecule has 0 fully saturated rings. The predicted octanol–water partition coefficient (Wildman–Crippen LogP) is 3.69. The SMILES string of the molecule is Cc1nc(NC(=O)NCCc2noc(C(C)(C)C)n2)sc1-c1csc(CC#N)n1. The second-order valence-corrected chi connectivity index (χ2v) is 9.23. The second kappa shape index (κ2) is 8.67. The summed E-state index contributed by atoms with van der Waals surface area (Å²) in [5, 5.41) is 21.4. The summed E-state index contributed by atoms with van der Waals surface area (Å²) in [6, 6.07) is 1.74. The van der Waals surface area contributed by atoms with E-state index in [9.17, 15) is 4.79 Å². The molecule has 29 heavy (non-hydrogen) atoms. The third-order valence-corrected chi connectivity index (χ3v) is 5.72. The van der Waals surface area contributed by atoms with Gasteiger partial charge >= 0.3 is 6.03 Å². The van der Waals surface area contributed by atoms with E-state index in [0.29, 0.717) is 29.8 Å². The van der Waals surface area contributed by atoms with Gasteiger partial charge in [0.05, 0.1) is 28.8 Å². The maximum atomic E-state index is 12.1. The maximum absolute atomic E-state index is 12.1. The molecule has 3 heterocycles. The summed E-state index contributed by atoms with van der Waals surface area (Å²) in [5.41, 5.74) is 1.35. The topological polar surface area (TPSA) is 130 Å². The van der Waals surface area contributed by atoms with E-state index in [-0.39, 0.29) is 17.9 Å². The van der Waals surface area contributed by atoms with Crippen molar-refractivity contribution in [3.8, 4) is 16.6 Å². The Kier molecular flexibility index (Phi) is 6.24. The highest BCUT2D eigenvalue weighted by Crippen LogP contribution is 2.33. The van der Waals surface area contributed by atoms with Gasteiger partial charge in [0, 0.05) is 23.8 Å². The van der Waals surface area contributed by atoms with E-state index in [1.807, 2.05) is 33.1 Å². The Morgan fingerprint density at radius 3 is 2.79 bits per heavy atom. The molecule has 0 atom stereocenters. The van der Waals surface area contributed by atoms with Crippen LogP contribution in [0.25, 0.3) is 10.6 Å². The van der Waals surface area contributed by atoms with Crippen LogP contribution in [0.1, 0.15) is 43.2 Å². The van der Waals surface area contributed by atoms with Gasteiger partial charge in [-0.3, -0.25) is 5.32 Å². The first-order valence-corrected chi connectivity index (χ1v) is 10.6. The lowest BCUT2D eigenvalue weighted by Crippen LogP contribution is -2.30. The molecule has 0 unspecified atom stereocenters. The van der Waals surface area contributed by atoms with Gasteiger partial charge in [-0.05, 0) is 6.92 Å². The van der Waals surface area contributed by atoms with Crippen LogP contribution in [0.3, 0.4) is 0 Å². The van der Waals surface area contributed by atoms with E-state index in [4.69, 9.17) is 9.78 Å². The number of aryl methyl sites for hydroxylation is 1. The summed E-state index contributed by atoms with van der Waals surface area (Å²) in [7, 11) is 0. The highest BCUT2D eigenvalue weighted by atomic mass is 32.1.